The molecule has 1 aromatic carbocycles. The van der Waals surface area contributed by atoms with Crippen LogP contribution in [0.3, 0.4) is 0 Å². The Morgan fingerprint density at radius 2 is 2.00 bits per heavy atom. The summed E-state index contributed by atoms with van der Waals surface area (Å²) in [5.74, 6) is 0. The Morgan fingerprint density at radius 1 is 1.19 bits per heavy atom. The van der Waals surface area contributed by atoms with Crippen molar-refractivity contribution in [2.45, 2.75) is 46.7 Å². The third-order valence-electron chi connectivity index (χ3n) is 3.50. The van der Waals surface area contributed by atoms with Gasteiger partial charge in [0.2, 0.25) is 0 Å². The minimum Gasteiger partial charge on any atom is -0.313 e. The van der Waals surface area contributed by atoms with Crippen LogP contribution in [0.4, 0.5) is 0 Å². The molecule has 0 amide bonds. The molecule has 0 aliphatic rings. The van der Waals surface area contributed by atoms with Crippen LogP contribution in [0.15, 0.2) is 24.4 Å². The molecule has 0 spiro atoms. The highest BCUT2D eigenvalue weighted by Gasteiger charge is 2.12. The Morgan fingerprint density at radius 3 is 2.71 bits per heavy atom. The highest BCUT2D eigenvalue weighted by atomic mass is 35.5. The van der Waals surface area contributed by atoms with Gasteiger partial charge in [0.15, 0.2) is 0 Å². The maximum absolute atomic E-state index is 6.20. The first-order valence-corrected chi connectivity index (χ1v) is 8.07. The lowest BCUT2D eigenvalue weighted by Crippen LogP contribution is -2.14. The number of benzene rings is 1. The third kappa shape index (κ3) is 4.08. The van der Waals surface area contributed by atoms with Crippen LogP contribution in [-0.2, 0) is 13.1 Å². The highest BCUT2D eigenvalue weighted by Crippen LogP contribution is 2.29. The minimum atomic E-state index is 0.770. The summed E-state index contributed by atoms with van der Waals surface area (Å²) in [6, 6.07) is 6.11. The summed E-state index contributed by atoms with van der Waals surface area (Å²) in [7, 11) is 0. The van der Waals surface area contributed by atoms with Gasteiger partial charge in [0.05, 0.1) is 5.69 Å². The number of rotatable bonds is 7. The van der Waals surface area contributed by atoms with Crippen molar-refractivity contribution < 1.29 is 0 Å². The predicted molar refractivity (Wildman–Crippen MR) is 89.7 cm³/mol. The van der Waals surface area contributed by atoms with Crippen LogP contribution in [0.5, 0.6) is 0 Å². The van der Waals surface area contributed by atoms with Crippen molar-refractivity contribution in [3.63, 3.8) is 0 Å². The normalized spacial score (nSPS) is 11.0. The average Bonchev–Trinajstić information content (AvgIpc) is 2.82. The van der Waals surface area contributed by atoms with E-state index in [0.717, 1.165) is 43.2 Å². The van der Waals surface area contributed by atoms with E-state index < -0.39 is 0 Å². The van der Waals surface area contributed by atoms with Gasteiger partial charge < -0.3 is 5.32 Å². The molecule has 0 radical (unpaired) electrons. The van der Waals surface area contributed by atoms with E-state index in [1.165, 1.54) is 16.7 Å². The molecule has 21 heavy (non-hydrogen) atoms. The fourth-order valence-corrected chi connectivity index (χ4v) is 2.65. The Balaban J connectivity index is 2.34. The summed E-state index contributed by atoms with van der Waals surface area (Å²) < 4.78 is 2.02. The van der Waals surface area contributed by atoms with Crippen LogP contribution in [0.25, 0.3) is 11.1 Å². The second kappa shape index (κ2) is 7.62. The van der Waals surface area contributed by atoms with Crippen molar-refractivity contribution >= 4 is 11.6 Å². The first-order valence-electron chi connectivity index (χ1n) is 7.69. The first-order chi connectivity index (χ1) is 10.2. The van der Waals surface area contributed by atoms with Crippen LogP contribution >= 0.6 is 11.6 Å². The van der Waals surface area contributed by atoms with Crippen LogP contribution in [-0.4, -0.2) is 16.3 Å². The molecule has 0 unspecified atom stereocenters. The minimum absolute atomic E-state index is 0.770. The molecule has 2 rings (SSSR count). The van der Waals surface area contributed by atoms with Gasteiger partial charge in [-0.15, -0.1) is 0 Å². The van der Waals surface area contributed by atoms with E-state index in [-0.39, 0.29) is 0 Å². The number of hydrogen-bond donors (Lipinski definition) is 1. The van der Waals surface area contributed by atoms with Gasteiger partial charge in [-0.2, -0.15) is 5.10 Å². The standard InChI is InChI=1S/C17H24ClN3/c1-4-8-19-11-14-6-7-15(18)10-16(14)17-12-21(9-5-2)20-13(17)3/h6-7,10,12,19H,4-5,8-9,11H2,1-3H3. The van der Waals surface area contributed by atoms with Gasteiger partial charge in [-0.25, -0.2) is 0 Å². The summed E-state index contributed by atoms with van der Waals surface area (Å²) in [4.78, 5) is 0. The largest absolute Gasteiger partial charge is 0.313 e. The van der Waals surface area contributed by atoms with E-state index in [4.69, 9.17) is 11.6 Å². The van der Waals surface area contributed by atoms with Crippen molar-refractivity contribution in [1.29, 1.82) is 0 Å². The molecule has 0 fully saturated rings. The quantitative estimate of drug-likeness (QED) is 0.767. The zero-order chi connectivity index (χ0) is 15.2. The number of aryl methyl sites for hydroxylation is 2. The molecular weight excluding hydrogens is 282 g/mol. The molecule has 1 heterocycles. The fraction of sp³-hybridized carbons (Fsp3) is 0.471. The lowest BCUT2D eigenvalue weighted by atomic mass is 10.0. The lowest BCUT2D eigenvalue weighted by Gasteiger charge is -2.10. The summed E-state index contributed by atoms with van der Waals surface area (Å²) in [5.41, 5.74) is 4.69. The third-order valence-corrected chi connectivity index (χ3v) is 3.74. The molecule has 1 N–H and O–H groups in total. The Hall–Kier alpha value is -1.32. The summed E-state index contributed by atoms with van der Waals surface area (Å²) in [6.07, 6.45) is 4.35. The molecule has 0 atom stereocenters. The number of aromatic nitrogens is 2. The van der Waals surface area contributed by atoms with E-state index in [1.807, 2.05) is 16.8 Å². The summed E-state index contributed by atoms with van der Waals surface area (Å²) >= 11 is 6.20. The van der Waals surface area contributed by atoms with Gasteiger partial charge >= 0.3 is 0 Å². The number of nitrogens with one attached hydrogen (secondary N) is 1. The van der Waals surface area contributed by atoms with Crippen LogP contribution < -0.4 is 5.32 Å². The smallest absolute Gasteiger partial charge is 0.0672 e. The fourth-order valence-electron chi connectivity index (χ4n) is 2.48. The summed E-state index contributed by atoms with van der Waals surface area (Å²) in [6.45, 7) is 9.23. The summed E-state index contributed by atoms with van der Waals surface area (Å²) in [5, 5.41) is 8.83. The van der Waals surface area contributed by atoms with E-state index in [9.17, 15) is 0 Å². The molecular formula is C17H24ClN3. The molecule has 114 valence electrons. The van der Waals surface area contributed by atoms with Gasteiger partial charge in [0.25, 0.3) is 0 Å². The van der Waals surface area contributed by atoms with Crippen molar-refractivity contribution in [1.82, 2.24) is 15.1 Å². The maximum Gasteiger partial charge on any atom is 0.0672 e. The molecule has 0 bridgehead atoms. The van der Waals surface area contributed by atoms with Gasteiger partial charge in [-0.3, -0.25) is 4.68 Å². The number of halogens is 1. The number of hydrogen-bond acceptors (Lipinski definition) is 2. The van der Waals surface area contributed by atoms with E-state index >= 15 is 0 Å². The molecule has 0 saturated heterocycles. The number of nitrogens with zero attached hydrogens (tertiary/aromatic N) is 2. The van der Waals surface area contributed by atoms with Gasteiger partial charge in [0.1, 0.15) is 0 Å². The average molecular weight is 306 g/mol. The predicted octanol–water partition coefficient (Wildman–Crippen LogP) is 4.42. The maximum atomic E-state index is 6.20. The van der Waals surface area contributed by atoms with Crippen molar-refractivity contribution in [3.05, 3.63) is 40.7 Å². The van der Waals surface area contributed by atoms with Crippen LogP contribution in [0.2, 0.25) is 5.02 Å². The second-order valence-electron chi connectivity index (χ2n) is 5.37. The van der Waals surface area contributed by atoms with E-state index in [2.05, 4.69) is 43.4 Å². The molecule has 2 aromatic rings. The Kier molecular flexibility index (Phi) is 5.83. The molecule has 1 aromatic heterocycles. The molecule has 4 heteroatoms. The molecule has 0 saturated carbocycles. The monoisotopic (exact) mass is 305 g/mol. The van der Waals surface area contributed by atoms with Gasteiger partial charge in [0, 0.05) is 29.9 Å². The Labute approximate surface area is 132 Å². The topological polar surface area (TPSA) is 29.9 Å². The Bertz CT molecular complexity index is 590. The zero-order valence-electron chi connectivity index (χ0n) is 13.1. The van der Waals surface area contributed by atoms with Gasteiger partial charge in [-0.1, -0.05) is 31.5 Å². The molecule has 0 aliphatic heterocycles. The van der Waals surface area contributed by atoms with Crippen molar-refractivity contribution in [3.8, 4) is 11.1 Å². The zero-order valence-corrected chi connectivity index (χ0v) is 13.9. The van der Waals surface area contributed by atoms with E-state index in [1.54, 1.807) is 0 Å². The van der Waals surface area contributed by atoms with E-state index in [0.29, 0.717) is 0 Å². The molecule has 0 aliphatic carbocycles. The van der Waals surface area contributed by atoms with Crippen LogP contribution in [0.1, 0.15) is 37.9 Å². The second-order valence-corrected chi connectivity index (χ2v) is 5.81. The lowest BCUT2D eigenvalue weighted by molar-refractivity contribution is 0.598. The van der Waals surface area contributed by atoms with Crippen molar-refractivity contribution in [2.75, 3.05) is 6.54 Å². The first kappa shape index (κ1) is 16.1. The van der Waals surface area contributed by atoms with Crippen LogP contribution in [0, 0.1) is 6.92 Å². The SMILES string of the molecule is CCCNCc1ccc(Cl)cc1-c1cn(CCC)nc1C. The molecule has 3 nitrogen and oxygen atoms in total. The highest BCUT2D eigenvalue weighted by molar-refractivity contribution is 6.30. The van der Waals surface area contributed by atoms with Crippen molar-refractivity contribution in [2.24, 2.45) is 0 Å². The van der Waals surface area contributed by atoms with Gasteiger partial charge in [-0.05, 0) is 49.6 Å².